The Bertz CT molecular complexity index is 1830. The number of ether oxygens (including phenoxy) is 3. The number of hydrogen-bond acceptors (Lipinski definition) is 10. The zero-order chi connectivity index (χ0) is 63.1. The van der Waals surface area contributed by atoms with Crippen LogP contribution in [0.5, 0.6) is 0 Å². The number of nitrogens with one attached hydrogen (secondary N) is 1. The van der Waals surface area contributed by atoms with Crippen LogP contribution in [0.1, 0.15) is 297 Å². The van der Waals surface area contributed by atoms with Crippen LogP contribution in [0.25, 0.3) is 0 Å². The molecule has 1 saturated heterocycles. The van der Waals surface area contributed by atoms with E-state index in [1.54, 1.807) is 6.08 Å². The zero-order valence-electron chi connectivity index (χ0n) is 55.6. The van der Waals surface area contributed by atoms with Crippen molar-refractivity contribution < 1.29 is 49.3 Å². The van der Waals surface area contributed by atoms with Gasteiger partial charge in [-0.3, -0.25) is 9.59 Å². The summed E-state index contributed by atoms with van der Waals surface area (Å²) in [6.45, 7) is 5.73. The van der Waals surface area contributed by atoms with Crippen molar-refractivity contribution in [2.45, 2.75) is 346 Å². The van der Waals surface area contributed by atoms with Gasteiger partial charge in [0.1, 0.15) is 24.4 Å². The van der Waals surface area contributed by atoms with E-state index in [4.69, 9.17) is 14.2 Å². The number of unbranched alkanes of at least 4 members (excludes halogenated alkanes) is 30. The van der Waals surface area contributed by atoms with Gasteiger partial charge in [-0.15, -0.1) is 0 Å². The summed E-state index contributed by atoms with van der Waals surface area (Å²) < 4.78 is 17.7. The largest absolute Gasteiger partial charge is 0.454 e. The summed E-state index contributed by atoms with van der Waals surface area (Å²) in [6, 6.07) is -1.04. The van der Waals surface area contributed by atoms with E-state index < -0.39 is 67.4 Å². The van der Waals surface area contributed by atoms with Crippen molar-refractivity contribution in [3.05, 3.63) is 109 Å². The highest BCUT2D eigenvalue weighted by Crippen LogP contribution is 2.26. The molecule has 1 fully saturated rings. The first-order valence-corrected chi connectivity index (χ1v) is 35.7. The van der Waals surface area contributed by atoms with Crippen LogP contribution in [-0.2, 0) is 23.8 Å². The highest BCUT2D eigenvalue weighted by molar-refractivity contribution is 5.80. The van der Waals surface area contributed by atoms with Crippen LogP contribution in [0.3, 0.4) is 0 Å². The molecule has 0 spiro atoms. The molecule has 8 unspecified atom stereocenters. The summed E-state index contributed by atoms with van der Waals surface area (Å²) in [7, 11) is 0. The maximum atomic E-state index is 13.5. The molecule has 0 bridgehead atoms. The molecule has 11 heteroatoms. The lowest BCUT2D eigenvalue weighted by Crippen LogP contribution is -2.61. The molecule has 0 aliphatic carbocycles. The number of aliphatic hydroxyl groups is 5. The zero-order valence-corrected chi connectivity index (χ0v) is 55.6. The monoisotopic (exact) mass is 1220 g/mol. The van der Waals surface area contributed by atoms with Gasteiger partial charge in [-0.05, 0) is 116 Å². The number of carbonyl (C=O) groups is 2. The second-order valence-electron chi connectivity index (χ2n) is 24.3. The molecule has 0 aromatic rings. The Labute approximate surface area is 532 Å². The lowest BCUT2D eigenvalue weighted by Gasteiger charge is -2.41. The van der Waals surface area contributed by atoms with Crippen LogP contribution < -0.4 is 5.32 Å². The maximum Gasteiger partial charge on any atom is 0.306 e. The van der Waals surface area contributed by atoms with Gasteiger partial charge in [0.15, 0.2) is 12.4 Å². The molecule has 1 rings (SSSR count). The van der Waals surface area contributed by atoms with Crippen LogP contribution >= 0.6 is 0 Å². The Morgan fingerprint density at radius 3 is 1.21 bits per heavy atom. The average Bonchev–Trinajstić information content (AvgIpc) is 2.93. The number of hydrogen-bond donors (Lipinski definition) is 6. The third kappa shape index (κ3) is 49.7. The number of allylic oxidation sites excluding steroid dienone is 17. The van der Waals surface area contributed by atoms with Crippen molar-refractivity contribution >= 4 is 11.9 Å². The molecule has 1 amide bonds. The number of esters is 1. The van der Waals surface area contributed by atoms with Gasteiger partial charge in [-0.25, -0.2) is 0 Å². The van der Waals surface area contributed by atoms with Gasteiger partial charge in [0.05, 0.1) is 25.4 Å². The van der Waals surface area contributed by atoms with E-state index in [0.29, 0.717) is 12.8 Å². The van der Waals surface area contributed by atoms with Crippen molar-refractivity contribution in [1.82, 2.24) is 5.32 Å². The van der Waals surface area contributed by atoms with E-state index in [2.05, 4.69) is 123 Å². The van der Waals surface area contributed by atoms with E-state index in [0.717, 1.165) is 116 Å². The molecule has 6 N–H and O–H groups in total. The highest BCUT2D eigenvalue weighted by Gasteiger charge is 2.47. The Kier molecular flexibility index (Phi) is 58.4. The molecule has 1 aliphatic heterocycles. The van der Waals surface area contributed by atoms with Crippen molar-refractivity contribution in [2.75, 3.05) is 13.2 Å². The van der Waals surface area contributed by atoms with Gasteiger partial charge in [0.25, 0.3) is 0 Å². The molecule has 11 nitrogen and oxygen atoms in total. The lowest BCUT2D eigenvalue weighted by molar-refractivity contribution is -0.305. The van der Waals surface area contributed by atoms with Crippen molar-refractivity contribution in [1.29, 1.82) is 0 Å². The predicted octanol–water partition coefficient (Wildman–Crippen LogP) is 18.4. The molecule has 0 saturated carbocycles. The molecule has 87 heavy (non-hydrogen) atoms. The maximum absolute atomic E-state index is 13.5. The SMILES string of the molecule is CCCCC/C=C\C/C=C\C/C=C\C/C=C\CCCCCCCCCCCCCC(=O)OC1C(OCC(NC(=O)C(O)CCCCCC/C=C\C/C=C\C/C=C\C/C=C\CCCCC)C(O)/C=C/CCCCCCCCCCC)OC(CO)C(O)C1O. The van der Waals surface area contributed by atoms with Crippen LogP contribution in [-0.4, -0.2) is 99.6 Å². The summed E-state index contributed by atoms with van der Waals surface area (Å²) in [5.74, 6) is -1.22. The minimum absolute atomic E-state index is 0.112. The fourth-order valence-electron chi connectivity index (χ4n) is 10.5. The molecular formula is C76H131NO10. The predicted molar refractivity (Wildman–Crippen MR) is 365 cm³/mol. The molecular weight excluding hydrogens is 1090 g/mol. The highest BCUT2D eigenvalue weighted by atomic mass is 16.7. The van der Waals surface area contributed by atoms with Gasteiger partial charge in [-0.1, -0.05) is 284 Å². The Morgan fingerprint density at radius 1 is 0.448 bits per heavy atom. The second-order valence-corrected chi connectivity index (χ2v) is 24.3. The number of aliphatic hydroxyl groups excluding tert-OH is 5. The standard InChI is InChI=1S/C76H131NO10/c1-4-7-10-13-16-19-22-24-26-28-30-32-33-34-35-36-37-38-40-42-44-46-49-52-55-58-61-64-71(81)87-74-73(83)72(82)70(65-78)86-76(74)85-66-67(68(79)62-59-56-53-50-47-21-18-15-12-9-6-3)77-75(84)69(80)63-60-57-54-51-48-45-43-41-39-31-29-27-25-23-20-17-14-11-8-5-2/h16-17,19-20,24-27,30-32,34-35,39,43,45,59,62,67-70,72-74,76,78-80,82-83H,4-15,18,21-23,28-29,33,36-38,40-42,44,46-58,60-61,63-66H2,1-3H3,(H,77,84)/b19-16-,20-17-,26-24-,27-25-,32-30-,35-34-,39-31-,45-43-,62-59+. The van der Waals surface area contributed by atoms with Crippen LogP contribution in [0.2, 0.25) is 0 Å². The summed E-state index contributed by atoms with van der Waals surface area (Å²) in [5.41, 5.74) is 0. The first-order valence-electron chi connectivity index (χ1n) is 35.7. The molecule has 8 atom stereocenters. The fourth-order valence-corrected chi connectivity index (χ4v) is 10.5. The first kappa shape index (κ1) is 81.3. The van der Waals surface area contributed by atoms with E-state index in [1.807, 2.05) is 6.08 Å². The van der Waals surface area contributed by atoms with E-state index in [-0.39, 0.29) is 19.4 Å². The molecule has 1 aliphatic rings. The van der Waals surface area contributed by atoms with Crippen molar-refractivity contribution in [3.8, 4) is 0 Å². The van der Waals surface area contributed by atoms with E-state index in [9.17, 15) is 35.1 Å². The molecule has 500 valence electrons. The van der Waals surface area contributed by atoms with E-state index in [1.165, 1.54) is 135 Å². The van der Waals surface area contributed by atoms with E-state index >= 15 is 0 Å². The summed E-state index contributed by atoms with van der Waals surface area (Å²) in [4.78, 5) is 26.7. The molecule has 1 heterocycles. The number of rotatable bonds is 60. The van der Waals surface area contributed by atoms with Gasteiger partial charge in [-0.2, -0.15) is 0 Å². The molecule has 0 radical (unpaired) electrons. The number of carbonyl (C=O) groups excluding carboxylic acids is 2. The van der Waals surface area contributed by atoms with Gasteiger partial charge >= 0.3 is 5.97 Å². The smallest absolute Gasteiger partial charge is 0.306 e. The second kappa shape index (κ2) is 62.5. The summed E-state index contributed by atoms with van der Waals surface area (Å²) in [5, 5.41) is 57.2. The minimum Gasteiger partial charge on any atom is -0.454 e. The quantitative estimate of drug-likeness (QED) is 0.0195. The van der Waals surface area contributed by atoms with Crippen molar-refractivity contribution in [2.24, 2.45) is 0 Å². The molecule has 0 aromatic heterocycles. The van der Waals surface area contributed by atoms with Crippen LogP contribution in [0, 0.1) is 0 Å². The Hall–Kier alpha value is -3.68. The first-order chi connectivity index (χ1) is 42.7. The fraction of sp³-hybridized carbons (Fsp3) is 0.737. The average molecular weight is 1220 g/mol. The van der Waals surface area contributed by atoms with Crippen LogP contribution in [0.4, 0.5) is 0 Å². The third-order valence-electron chi connectivity index (χ3n) is 16.1. The Morgan fingerprint density at radius 2 is 0.793 bits per heavy atom. The van der Waals surface area contributed by atoms with Gasteiger partial charge in [0, 0.05) is 6.42 Å². The third-order valence-corrected chi connectivity index (χ3v) is 16.1. The summed E-state index contributed by atoms with van der Waals surface area (Å²) in [6.07, 6.45) is 75.5. The summed E-state index contributed by atoms with van der Waals surface area (Å²) >= 11 is 0. The minimum atomic E-state index is -1.63. The van der Waals surface area contributed by atoms with Crippen LogP contribution in [0.15, 0.2) is 109 Å². The topological polar surface area (TPSA) is 175 Å². The Balaban J connectivity index is 2.57. The normalized spacial score (nSPS) is 18.9. The van der Waals surface area contributed by atoms with Gasteiger partial charge < -0.3 is 45.1 Å². The van der Waals surface area contributed by atoms with Crippen molar-refractivity contribution in [3.63, 3.8) is 0 Å². The molecule has 0 aromatic carbocycles. The lowest BCUT2D eigenvalue weighted by atomic mass is 9.99. The van der Waals surface area contributed by atoms with Gasteiger partial charge in [0.2, 0.25) is 5.91 Å². The number of amides is 1.